The van der Waals surface area contributed by atoms with Gasteiger partial charge in [-0.3, -0.25) is 14.9 Å². The van der Waals surface area contributed by atoms with Crippen LogP contribution in [0.4, 0.5) is 10.5 Å². The number of esters is 1. The molecule has 2 aromatic carbocycles. The summed E-state index contributed by atoms with van der Waals surface area (Å²) in [5.41, 5.74) is 6.35. The Balaban J connectivity index is 1.99. The van der Waals surface area contributed by atoms with E-state index in [0.29, 0.717) is 16.7 Å². The van der Waals surface area contributed by atoms with Crippen molar-refractivity contribution in [3.05, 3.63) is 75.3 Å². The van der Waals surface area contributed by atoms with Crippen LogP contribution >= 0.6 is 0 Å². The molecule has 3 rings (SSSR count). The van der Waals surface area contributed by atoms with Gasteiger partial charge in [-0.2, -0.15) is 0 Å². The Bertz CT molecular complexity index is 928. The quantitative estimate of drug-likeness (QED) is 0.379. The Labute approximate surface area is 153 Å². The van der Waals surface area contributed by atoms with E-state index in [4.69, 9.17) is 5.73 Å². The van der Waals surface area contributed by atoms with Crippen LogP contribution in [0, 0.1) is 10.1 Å². The van der Waals surface area contributed by atoms with Crippen molar-refractivity contribution in [3.8, 4) is 0 Å². The van der Waals surface area contributed by atoms with Crippen LogP contribution in [0.5, 0.6) is 0 Å². The zero-order valence-electron chi connectivity index (χ0n) is 14.0. The second kappa shape index (κ2) is 7.24. The van der Waals surface area contributed by atoms with Crippen LogP contribution in [0.15, 0.2) is 48.5 Å². The second-order valence-corrected chi connectivity index (χ2v) is 5.97. The SMILES string of the molecule is NC(=O)OC(=O)C1Cc2ccc([N+](=O)[O-])cc2CN1C(=O)c1ccccc1. The predicted molar refractivity (Wildman–Crippen MR) is 92.6 cm³/mol. The number of hydrogen-bond acceptors (Lipinski definition) is 6. The van der Waals surface area contributed by atoms with Gasteiger partial charge in [-0.25, -0.2) is 9.59 Å². The van der Waals surface area contributed by atoms with Gasteiger partial charge in [-0.05, 0) is 23.3 Å². The summed E-state index contributed by atoms with van der Waals surface area (Å²) in [6.07, 6.45) is -1.21. The lowest BCUT2D eigenvalue weighted by Crippen LogP contribution is -2.50. The van der Waals surface area contributed by atoms with E-state index < -0.39 is 28.9 Å². The summed E-state index contributed by atoms with van der Waals surface area (Å²) >= 11 is 0. The first-order valence-electron chi connectivity index (χ1n) is 8.00. The first-order chi connectivity index (χ1) is 12.9. The molecule has 0 saturated carbocycles. The molecule has 2 N–H and O–H groups in total. The fourth-order valence-electron chi connectivity index (χ4n) is 3.02. The molecule has 1 heterocycles. The predicted octanol–water partition coefficient (Wildman–Crippen LogP) is 1.78. The number of ether oxygens (including phenoxy) is 1. The molecule has 2 aromatic rings. The monoisotopic (exact) mass is 369 g/mol. The van der Waals surface area contributed by atoms with Crippen molar-refractivity contribution in [1.82, 2.24) is 4.90 Å². The first kappa shape index (κ1) is 18.1. The fourth-order valence-corrected chi connectivity index (χ4v) is 3.02. The average molecular weight is 369 g/mol. The van der Waals surface area contributed by atoms with Crippen LogP contribution in [0.25, 0.3) is 0 Å². The van der Waals surface area contributed by atoms with Crippen LogP contribution in [0.2, 0.25) is 0 Å². The van der Waals surface area contributed by atoms with Crippen molar-refractivity contribution < 1.29 is 24.0 Å². The number of hydrogen-bond donors (Lipinski definition) is 1. The normalized spacial score (nSPS) is 15.6. The molecule has 1 unspecified atom stereocenters. The number of rotatable bonds is 3. The number of nitrogens with zero attached hydrogens (tertiary/aromatic N) is 2. The van der Waals surface area contributed by atoms with Gasteiger partial charge in [0.05, 0.1) is 4.92 Å². The third-order valence-electron chi connectivity index (χ3n) is 4.29. The molecule has 1 aliphatic rings. The molecule has 0 aromatic heterocycles. The van der Waals surface area contributed by atoms with E-state index >= 15 is 0 Å². The zero-order chi connectivity index (χ0) is 19.6. The van der Waals surface area contributed by atoms with Gasteiger partial charge in [-0.1, -0.05) is 24.3 Å². The molecule has 9 nitrogen and oxygen atoms in total. The number of carbonyl (C=O) groups is 3. The van der Waals surface area contributed by atoms with E-state index in [1.165, 1.54) is 23.1 Å². The minimum atomic E-state index is -1.26. The Hall–Kier alpha value is -3.75. The number of benzene rings is 2. The number of amides is 2. The molecule has 27 heavy (non-hydrogen) atoms. The summed E-state index contributed by atoms with van der Waals surface area (Å²) in [5.74, 6) is -1.41. The third-order valence-corrected chi connectivity index (χ3v) is 4.29. The Morgan fingerprint density at radius 1 is 1.11 bits per heavy atom. The molecule has 0 fully saturated rings. The number of fused-ring (bicyclic) bond motifs is 1. The van der Waals surface area contributed by atoms with Gasteiger partial charge >= 0.3 is 12.1 Å². The molecule has 2 amide bonds. The van der Waals surface area contributed by atoms with Crippen molar-refractivity contribution in [2.24, 2.45) is 5.73 Å². The molecule has 0 saturated heterocycles. The largest absolute Gasteiger partial charge is 0.412 e. The number of non-ortho nitro benzene ring substituents is 1. The highest BCUT2D eigenvalue weighted by Crippen LogP contribution is 2.28. The summed E-state index contributed by atoms with van der Waals surface area (Å²) in [6.45, 7) is -0.0384. The molecule has 1 atom stereocenters. The minimum Gasteiger partial charge on any atom is -0.375 e. The van der Waals surface area contributed by atoms with Crippen molar-refractivity contribution in [3.63, 3.8) is 0 Å². The highest BCUT2D eigenvalue weighted by Gasteiger charge is 2.37. The van der Waals surface area contributed by atoms with E-state index in [1.807, 2.05) is 0 Å². The highest BCUT2D eigenvalue weighted by atomic mass is 16.6. The molecule has 9 heteroatoms. The number of nitro groups is 1. The molecule has 0 aliphatic carbocycles. The summed E-state index contributed by atoms with van der Waals surface area (Å²) in [4.78, 5) is 47.9. The number of carbonyl (C=O) groups excluding carboxylic acids is 3. The van der Waals surface area contributed by atoms with Crippen molar-refractivity contribution in [2.75, 3.05) is 0 Å². The Morgan fingerprint density at radius 2 is 1.81 bits per heavy atom. The Morgan fingerprint density at radius 3 is 2.44 bits per heavy atom. The smallest absolute Gasteiger partial charge is 0.375 e. The van der Waals surface area contributed by atoms with E-state index in [-0.39, 0.29) is 18.7 Å². The van der Waals surface area contributed by atoms with Crippen LogP contribution in [0.3, 0.4) is 0 Å². The maximum Gasteiger partial charge on any atom is 0.412 e. The van der Waals surface area contributed by atoms with Gasteiger partial charge in [0.25, 0.3) is 11.6 Å². The Kier molecular flexibility index (Phi) is 4.84. The van der Waals surface area contributed by atoms with Crippen LogP contribution in [-0.4, -0.2) is 33.8 Å². The van der Waals surface area contributed by atoms with Crippen LogP contribution in [-0.2, 0) is 22.5 Å². The third kappa shape index (κ3) is 3.76. The molecule has 0 spiro atoms. The van der Waals surface area contributed by atoms with Gasteiger partial charge in [0, 0.05) is 30.7 Å². The standard InChI is InChI=1S/C18H15N3O6/c19-18(24)27-17(23)15-9-12-6-7-14(21(25)26)8-13(12)10-20(15)16(22)11-4-2-1-3-5-11/h1-8,15H,9-10H2,(H2,19,24). The van der Waals surface area contributed by atoms with Crippen molar-refractivity contribution >= 4 is 23.7 Å². The van der Waals surface area contributed by atoms with E-state index in [9.17, 15) is 24.5 Å². The van der Waals surface area contributed by atoms with Gasteiger partial charge in [0.1, 0.15) is 6.04 Å². The van der Waals surface area contributed by atoms with E-state index in [0.717, 1.165) is 0 Å². The van der Waals surface area contributed by atoms with Crippen molar-refractivity contribution in [2.45, 2.75) is 19.0 Å². The molecule has 0 radical (unpaired) electrons. The topological polar surface area (TPSA) is 133 Å². The van der Waals surface area contributed by atoms with Gasteiger partial charge < -0.3 is 15.4 Å². The van der Waals surface area contributed by atoms with Crippen LogP contribution < -0.4 is 5.73 Å². The molecule has 0 bridgehead atoms. The van der Waals surface area contributed by atoms with Gasteiger partial charge in [0.15, 0.2) is 0 Å². The zero-order valence-corrected chi connectivity index (χ0v) is 14.0. The lowest BCUT2D eigenvalue weighted by atomic mass is 9.92. The summed E-state index contributed by atoms with van der Waals surface area (Å²) < 4.78 is 4.48. The average Bonchev–Trinajstić information content (AvgIpc) is 2.66. The lowest BCUT2D eigenvalue weighted by molar-refractivity contribution is -0.385. The first-order valence-corrected chi connectivity index (χ1v) is 8.00. The molecular formula is C18H15N3O6. The lowest BCUT2D eigenvalue weighted by Gasteiger charge is -2.35. The second-order valence-electron chi connectivity index (χ2n) is 5.97. The maximum atomic E-state index is 12.9. The van der Waals surface area contributed by atoms with E-state index in [1.54, 1.807) is 30.3 Å². The number of primary amides is 1. The van der Waals surface area contributed by atoms with E-state index in [2.05, 4.69) is 4.74 Å². The maximum absolute atomic E-state index is 12.9. The van der Waals surface area contributed by atoms with Crippen LogP contribution in [0.1, 0.15) is 21.5 Å². The summed E-state index contributed by atoms with van der Waals surface area (Å²) in [5, 5.41) is 11.0. The number of nitrogens with two attached hydrogens (primary N) is 1. The van der Waals surface area contributed by atoms with Gasteiger partial charge in [-0.15, -0.1) is 0 Å². The van der Waals surface area contributed by atoms with Gasteiger partial charge in [0.2, 0.25) is 0 Å². The number of nitro benzene ring substituents is 1. The fraction of sp³-hybridized carbons (Fsp3) is 0.167. The minimum absolute atomic E-state index is 0.0384. The molecule has 138 valence electrons. The van der Waals surface area contributed by atoms with Crippen molar-refractivity contribution in [1.29, 1.82) is 0 Å². The molecular weight excluding hydrogens is 354 g/mol. The summed E-state index contributed by atoms with van der Waals surface area (Å²) in [6, 6.07) is 11.4. The molecule has 1 aliphatic heterocycles. The highest BCUT2D eigenvalue weighted by molar-refractivity contribution is 5.98. The summed E-state index contributed by atoms with van der Waals surface area (Å²) in [7, 11) is 0.